The van der Waals surface area contributed by atoms with E-state index in [4.69, 9.17) is 38.5 Å². The molecule has 8 unspecified atom stereocenters. The van der Waals surface area contributed by atoms with Crippen LogP contribution in [0.4, 0.5) is 0 Å². The number of aliphatic carboxylic acids is 1. The van der Waals surface area contributed by atoms with E-state index in [1.165, 1.54) is 55.7 Å². The lowest BCUT2D eigenvalue weighted by atomic mass is 9.69. The summed E-state index contributed by atoms with van der Waals surface area (Å²) in [6, 6.07) is 49.9. The Morgan fingerprint density at radius 2 is 0.667 bits per heavy atom. The van der Waals surface area contributed by atoms with Crippen molar-refractivity contribution in [3.05, 3.63) is 243 Å². The Kier molecular flexibility index (Phi) is 39.6. The number of aromatic nitrogens is 10. The normalized spacial score (nSPS) is 18.9. The van der Waals surface area contributed by atoms with Crippen LogP contribution in [0.2, 0.25) is 0 Å². The SMILES string of the molecule is CC(C)C1CC=C(B2OC(C)(C)C(C)(C)O2)CC1.CC(C)C1CC=C(c2c(-c3ccccc3)nn(C)c2C(OC(C)(C)C)C(=O)O)CC1.CC(C)C1CC=C(c2c(-c3ccccc3)nn(C)c2C=O)CC1.COC(=O)C(O)c1c(C2=CCC(C(C)C)CC2)c(-c2ccccc2)nn1C.COC(=O)C(OC(C)(C)C)c1c(C2=CCC(C(C)C)CC2)c(-c2ccccc2)nn1C.Cn1nc(-c2ccccc2)c(Br)c1C=O. The van der Waals surface area contributed by atoms with Crippen LogP contribution in [0.15, 0.2) is 192 Å². The average molecular weight is 2030 g/mol. The maximum Gasteiger partial charge on any atom is 0.490 e. The number of rotatable bonds is 25. The number of carbonyl (C=O) groups is 5. The number of aryl methyl sites for hydroxylation is 5. The number of aldehydes is 2. The van der Waals surface area contributed by atoms with E-state index in [2.05, 4.69) is 183 Å². The van der Waals surface area contributed by atoms with Crippen LogP contribution in [0.5, 0.6) is 0 Å². The first kappa shape index (κ1) is 113. The standard InChI is InChI=1S/C26H36N2O3.C25H34N2O3.C22H28N2O3.C20H24N2O.C15H27BO2.C11H9BrN2O/c1-17(2)18-13-15-19(16-14-18)21-22(20-11-9-8-10-12-20)27-28(6)23(21)24(25(29)30-7)31-26(3,4)5;1-16(2)17-12-14-18(15-13-17)20-21(19-10-8-7-9-11-19)26-27(6)22(20)23(24(28)29)30-25(3,4)5;1-14(2)15-10-12-16(13-11-15)18-19(17-8-6-5-7-9-17)23-24(3)20(18)21(25)22(26)27-4;1-14(2)15-9-11-16(12-10-15)19-18(13-23)22(3)21-20(19)17-7-5-4-6-8-17;1-11(2)12-7-9-13(10-8-12)16-17-14(3,4)15(5,6)18-16;1-14-9(7-15)10(12)11(13-14)8-5-3-2-4-6-8/h8-12,15,17-18,24H,13-14,16H2,1-7H3;7-11,14,16-17,23H,12-13,15H2,1-6H3,(H,28,29);5-9,12,14-15,21,25H,10-11,13H2,1-4H3;4-8,11,13-15H,9-10,12H2,1-3H3;9,11-12H,7-8,10H2,1-6H3;2-7H,1H3. The number of hydrogen-bond donors (Lipinski definition) is 2. The molecule has 5 aliphatic carbocycles. The van der Waals surface area contributed by atoms with E-state index in [0.717, 1.165) is 202 Å². The van der Waals surface area contributed by atoms with E-state index < -0.39 is 47.4 Å². The van der Waals surface area contributed by atoms with Gasteiger partial charge < -0.3 is 38.5 Å². The summed E-state index contributed by atoms with van der Waals surface area (Å²) < 4.78 is 43.5. The second-order valence-electron chi connectivity index (χ2n) is 43.9. The predicted octanol–water partition coefficient (Wildman–Crippen LogP) is 27.4. The number of benzene rings is 5. The zero-order valence-corrected chi connectivity index (χ0v) is 92.0. The Morgan fingerprint density at radius 1 is 0.396 bits per heavy atom. The van der Waals surface area contributed by atoms with E-state index in [1.54, 1.807) is 37.5 Å². The van der Waals surface area contributed by atoms with Crippen LogP contribution < -0.4 is 0 Å². The molecule has 144 heavy (non-hydrogen) atoms. The van der Waals surface area contributed by atoms with Crippen LogP contribution in [0.1, 0.15) is 313 Å². The van der Waals surface area contributed by atoms with Crippen molar-refractivity contribution in [1.82, 2.24) is 48.9 Å². The number of carboxylic acids is 1. The van der Waals surface area contributed by atoms with Crippen molar-refractivity contribution in [2.75, 3.05) is 14.2 Å². The summed E-state index contributed by atoms with van der Waals surface area (Å²) >= 11 is 3.38. The van der Waals surface area contributed by atoms with Crippen LogP contribution in [0.3, 0.4) is 0 Å². The van der Waals surface area contributed by atoms with Crippen LogP contribution in [0, 0.1) is 59.2 Å². The number of aliphatic hydroxyl groups excluding tert-OH is 1. The number of halogens is 1. The van der Waals surface area contributed by atoms with Gasteiger partial charge in [-0.2, -0.15) is 25.5 Å². The van der Waals surface area contributed by atoms with Gasteiger partial charge in [0, 0.05) is 85.3 Å². The van der Waals surface area contributed by atoms with E-state index in [-0.39, 0.29) is 18.3 Å². The fraction of sp³-hybridized carbons (Fsp3) is 0.496. The van der Waals surface area contributed by atoms with Crippen molar-refractivity contribution in [1.29, 1.82) is 0 Å². The molecule has 0 bridgehead atoms. The molecule has 25 heteroatoms. The Bertz CT molecular complexity index is 6120. The minimum Gasteiger partial charge on any atom is -0.479 e. The molecule has 1 aliphatic heterocycles. The van der Waals surface area contributed by atoms with Gasteiger partial charge in [0.15, 0.2) is 30.9 Å². The number of methoxy groups -OCH3 is 2. The summed E-state index contributed by atoms with van der Waals surface area (Å²) in [4.78, 5) is 59.6. The van der Waals surface area contributed by atoms with Gasteiger partial charge in [0.1, 0.15) is 39.9 Å². The highest BCUT2D eigenvalue weighted by atomic mass is 79.9. The van der Waals surface area contributed by atoms with E-state index in [1.807, 2.05) is 190 Å². The quantitative estimate of drug-likeness (QED) is 0.0306. The highest BCUT2D eigenvalue weighted by molar-refractivity contribution is 9.10. The second-order valence-corrected chi connectivity index (χ2v) is 44.6. The molecule has 16 rings (SSSR count). The number of hydrogen-bond acceptors (Lipinski definition) is 17. The molecule has 0 spiro atoms. The van der Waals surface area contributed by atoms with E-state index in [9.17, 15) is 34.2 Å². The molecule has 772 valence electrons. The lowest BCUT2D eigenvalue weighted by molar-refractivity contribution is -0.165. The number of aliphatic hydroxyl groups is 1. The van der Waals surface area contributed by atoms with Gasteiger partial charge in [0.05, 0.1) is 58.2 Å². The zero-order chi connectivity index (χ0) is 105. The molecule has 6 aliphatic rings. The first-order valence-electron chi connectivity index (χ1n) is 51.6. The van der Waals surface area contributed by atoms with Crippen molar-refractivity contribution in [2.45, 2.75) is 276 Å². The van der Waals surface area contributed by atoms with Gasteiger partial charge in [-0.05, 0) is 268 Å². The number of carboxylic acid groups (broad SMARTS) is 1. The molecule has 10 aromatic rings. The van der Waals surface area contributed by atoms with Crippen LogP contribution in [0.25, 0.3) is 78.6 Å². The molecule has 23 nitrogen and oxygen atoms in total. The van der Waals surface area contributed by atoms with Gasteiger partial charge in [-0.1, -0.05) is 251 Å². The van der Waals surface area contributed by atoms with Gasteiger partial charge in [0.2, 0.25) is 0 Å². The van der Waals surface area contributed by atoms with Crippen molar-refractivity contribution in [3.8, 4) is 56.3 Å². The first-order valence-corrected chi connectivity index (χ1v) is 52.4. The summed E-state index contributed by atoms with van der Waals surface area (Å²) in [5.41, 5.74) is 20.8. The zero-order valence-electron chi connectivity index (χ0n) is 90.4. The topological polar surface area (TPSA) is 270 Å². The number of carbonyl (C=O) groups excluding carboxylic acids is 4. The minimum atomic E-state index is -1.36. The summed E-state index contributed by atoms with van der Waals surface area (Å²) in [6.07, 6.45) is 26.1. The Hall–Kier alpha value is -11.1. The molecule has 0 saturated carbocycles. The summed E-state index contributed by atoms with van der Waals surface area (Å²) in [7, 11) is 11.6. The van der Waals surface area contributed by atoms with Crippen molar-refractivity contribution in [3.63, 3.8) is 0 Å². The maximum absolute atomic E-state index is 12.9. The van der Waals surface area contributed by atoms with Gasteiger partial charge >= 0.3 is 25.0 Å². The molecule has 0 radical (unpaired) electrons. The summed E-state index contributed by atoms with van der Waals surface area (Å²) in [5, 5.41) is 43.9. The number of nitrogens with zero attached hydrogens (tertiary/aromatic N) is 10. The van der Waals surface area contributed by atoms with Gasteiger partial charge in [-0.25, -0.2) is 14.4 Å². The van der Waals surface area contributed by atoms with Crippen LogP contribution >= 0.6 is 15.9 Å². The minimum absolute atomic E-state index is 0.122. The number of ether oxygens (including phenoxy) is 4. The summed E-state index contributed by atoms with van der Waals surface area (Å²) in [5.74, 6) is 4.95. The number of esters is 2. The molecule has 8 atom stereocenters. The lowest BCUT2D eigenvalue weighted by Crippen LogP contribution is -2.41. The number of allylic oxidation sites excluding steroid dienone is 10. The fourth-order valence-corrected chi connectivity index (χ4v) is 20.6. The smallest absolute Gasteiger partial charge is 0.479 e. The molecule has 5 aromatic heterocycles. The molecule has 1 fully saturated rings. The van der Waals surface area contributed by atoms with Crippen molar-refractivity contribution >= 4 is 75.8 Å². The lowest BCUT2D eigenvalue weighted by Gasteiger charge is -2.32. The molecular formula is C119H158BBrN10O13. The third kappa shape index (κ3) is 28.2. The summed E-state index contributed by atoms with van der Waals surface area (Å²) in [6.45, 7) is 42.8. The molecule has 6 heterocycles. The highest BCUT2D eigenvalue weighted by Gasteiger charge is 2.53. The third-order valence-electron chi connectivity index (χ3n) is 29.5. The molecule has 1 saturated heterocycles. The van der Waals surface area contributed by atoms with E-state index in [0.29, 0.717) is 64.2 Å². The third-order valence-corrected chi connectivity index (χ3v) is 30.2. The van der Waals surface area contributed by atoms with Gasteiger partial charge in [0.25, 0.3) is 0 Å². The van der Waals surface area contributed by atoms with Gasteiger partial charge in [-0.3, -0.25) is 33.0 Å². The monoisotopic (exact) mass is 2030 g/mol. The highest BCUT2D eigenvalue weighted by Crippen LogP contribution is 2.49. The van der Waals surface area contributed by atoms with Crippen LogP contribution in [-0.2, 0) is 77.9 Å². The molecule has 2 N–H and O–H groups in total. The molecule has 0 amide bonds. The largest absolute Gasteiger partial charge is 0.490 e. The maximum atomic E-state index is 12.9. The van der Waals surface area contributed by atoms with E-state index >= 15 is 0 Å². The predicted molar refractivity (Wildman–Crippen MR) is 582 cm³/mol. The van der Waals surface area contributed by atoms with Crippen molar-refractivity contribution < 1.29 is 62.4 Å². The molecular weight excluding hydrogens is 1870 g/mol. The molecule has 5 aromatic carbocycles. The average Bonchev–Trinajstić information content (AvgIpc) is 1.38. The first-order chi connectivity index (χ1) is 68.2. The Labute approximate surface area is 864 Å². The second kappa shape index (κ2) is 50.4. The Balaban J connectivity index is 0.000000167. The van der Waals surface area contributed by atoms with Crippen molar-refractivity contribution in [2.24, 2.45) is 94.4 Å². The fourth-order valence-electron chi connectivity index (χ4n) is 20.0. The van der Waals surface area contributed by atoms with Crippen LogP contribution in [-0.4, -0.2) is 133 Å². The van der Waals surface area contributed by atoms with Gasteiger partial charge in [-0.15, -0.1) is 0 Å². The Morgan fingerprint density at radius 3 is 0.951 bits per heavy atom.